The number of nitrogens with one attached hydrogen (secondary N) is 1. The lowest BCUT2D eigenvalue weighted by atomic mass is 10.2. The van der Waals surface area contributed by atoms with E-state index in [0.29, 0.717) is 12.1 Å². The van der Waals surface area contributed by atoms with E-state index < -0.39 is 0 Å². The SMILES string of the molecule is CC(C)n1cc(CN(C)C2CCNC2)cn1. The van der Waals surface area contributed by atoms with Gasteiger partial charge in [0.05, 0.1) is 6.20 Å². The maximum atomic E-state index is 4.37. The smallest absolute Gasteiger partial charge is 0.0534 e. The molecule has 1 aromatic rings. The Balaban J connectivity index is 1.92. The Morgan fingerprint density at radius 1 is 1.62 bits per heavy atom. The number of nitrogens with zero attached hydrogens (tertiary/aromatic N) is 3. The summed E-state index contributed by atoms with van der Waals surface area (Å²) in [5.41, 5.74) is 1.31. The Hall–Kier alpha value is -0.870. The van der Waals surface area contributed by atoms with Crippen molar-refractivity contribution in [1.82, 2.24) is 20.0 Å². The van der Waals surface area contributed by atoms with Crippen molar-refractivity contribution in [1.29, 1.82) is 0 Å². The van der Waals surface area contributed by atoms with E-state index in [1.165, 1.54) is 12.0 Å². The van der Waals surface area contributed by atoms with Crippen LogP contribution >= 0.6 is 0 Å². The zero-order valence-electron chi connectivity index (χ0n) is 10.5. The van der Waals surface area contributed by atoms with Gasteiger partial charge in [0.2, 0.25) is 0 Å². The summed E-state index contributed by atoms with van der Waals surface area (Å²) in [6, 6.07) is 1.13. The lowest BCUT2D eigenvalue weighted by Gasteiger charge is -2.22. The fraction of sp³-hybridized carbons (Fsp3) is 0.750. The van der Waals surface area contributed by atoms with Crippen molar-refractivity contribution < 1.29 is 0 Å². The van der Waals surface area contributed by atoms with Gasteiger partial charge in [-0.3, -0.25) is 9.58 Å². The van der Waals surface area contributed by atoms with Crippen LogP contribution in [0.25, 0.3) is 0 Å². The van der Waals surface area contributed by atoms with Crippen LogP contribution in [0.1, 0.15) is 31.9 Å². The van der Waals surface area contributed by atoms with Crippen LogP contribution < -0.4 is 5.32 Å². The number of rotatable bonds is 4. The summed E-state index contributed by atoms with van der Waals surface area (Å²) in [6.45, 7) is 7.58. The summed E-state index contributed by atoms with van der Waals surface area (Å²) in [6.07, 6.45) is 5.40. The van der Waals surface area contributed by atoms with E-state index in [1.807, 2.05) is 10.9 Å². The fourth-order valence-corrected chi connectivity index (χ4v) is 2.17. The Labute approximate surface area is 97.6 Å². The van der Waals surface area contributed by atoms with Crippen LogP contribution in [0.3, 0.4) is 0 Å². The zero-order chi connectivity index (χ0) is 11.5. The molecule has 4 heteroatoms. The second-order valence-electron chi connectivity index (χ2n) is 4.98. The van der Waals surface area contributed by atoms with Gasteiger partial charge in [-0.1, -0.05) is 0 Å². The van der Waals surface area contributed by atoms with Gasteiger partial charge < -0.3 is 5.32 Å². The Morgan fingerprint density at radius 3 is 3.00 bits per heavy atom. The zero-order valence-corrected chi connectivity index (χ0v) is 10.5. The Bertz CT molecular complexity index is 326. The molecule has 0 amide bonds. The van der Waals surface area contributed by atoms with Crippen LogP contribution in [0.4, 0.5) is 0 Å². The van der Waals surface area contributed by atoms with Gasteiger partial charge in [-0.15, -0.1) is 0 Å². The van der Waals surface area contributed by atoms with Gasteiger partial charge in [-0.25, -0.2) is 0 Å². The molecule has 0 spiro atoms. The monoisotopic (exact) mass is 222 g/mol. The van der Waals surface area contributed by atoms with Crippen molar-refractivity contribution in [3.63, 3.8) is 0 Å². The molecule has 0 radical (unpaired) electrons. The lowest BCUT2D eigenvalue weighted by molar-refractivity contribution is 0.249. The molecular formula is C12H22N4. The van der Waals surface area contributed by atoms with Gasteiger partial charge >= 0.3 is 0 Å². The van der Waals surface area contributed by atoms with Crippen molar-refractivity contribution in [3.05, 3.63) is 18.0 Å². The van der Waals surface area contributed by atoms with Crippen molar-refractivity contribution >= 4 is 0 Å². The first kappa shape index (κ1) is 11.6. The minimum absolute atomic E-state index is 0.451. The molecule has 0 aliphatic carbocycles. The number of hydrogen-bond donors (Lipinski definition) is 1. The third-order valence-corrected chi connectivity index (χ3v) is 3.27. The standard InChI is InChI=1S/C12H22N4/c1-10(2)16-9-11(6-14-16)8-15(3)12-4-5-13-7-12/h6,9-10,12-13H,4-5,7-8H2,1-3H3. The van der Waals surface area contributed by atoms with Crippen LogP contribution in [-0.4, -0.2) is 40.9 Å². The quantitative estimate of drug-likeness (QED) is 0.832. The van der Waals surface area contributed by atoms with E-state index in [2.05, 4.69) is 42.4 Å². The van der Waals surface area contributed by atoms with E-state index >= 15 is 0 Å². The first-order chi connectivity index (χ1) is 7.66. The molecule has 1 saturated heterocycles. The van der Waals surface area contributed by atoms with E-state index in [-0.39, 0.29) is 0 Å². The van der Waals surface area contributed by atoms with Gasteiger partial charge in [0.1, 0.15) is 0 Å². The van der Waals surface area contributed by atoms with Gasteiger partial charge in [-0.2, -0.15) is 5.10 Å². The van der Waals surface area contributed by atoms with Crippen LogP contribution in [-0.2, 0) is 6.54 Å². The predicted octanol–water partition coefficient (Wildman–Crippen LogP) is 1.26. The molecule has 4 nitrogen and oxygen atoms in total. The van der Waals surface area contributed by atoms with Crippen LogP contribution in [0.2, 0.25) is 0 Å². The molecule has 1 atom stereocenters. The van der Waals surface area contributed by atoms with Crippen LogP contribution in [0, 0.1) is 0 Å². The molecule has 16 heavy (non-hydrogen) atoms. The first-order valence-electron chi connectivity index (χ1n) is 6.11. The van der Waals surface area contributed by atoms with Gasteiger partial charge in [0.25, 0.3) is 0 Å². The van der Waals surface area contributed by atoms with E-state index in [9.17, 15) is 0 Å². The predicted molar refractivity (Wildman–Crippen MR) is 65.4 cm³/mol. The summed E-state index contributed by atoms with van der Waals surface area (Å²) in [5, 5.41) is 7.77. The van der Waals surface area contributed by atoms with Crippen LogP contribution in [0.5, 0.6) is 0 Å². The van der Waals surface area contributed by atoms with E-state index in [4.69, 9.17) is 0 Å². The Morgan fingerprint density at radius 2 is 2.44 bits per heavy atom. The molecule has 2 rings (SSSR count). The molecular weight excluding hydrogens is 200 g/mol. The minimum Gasteiger partial charge on any atom is -0.315 e. The molecule has 1 unspecified atom stereocenters. The van der Waals surface area contributed by atoms with Crippen molar-refractivity contribution in [2.75, 3.05) is 20.1 Å². The van der Waals surface area contributed by atoms with Gasteiger partial charge in [-0.05, 0) is 33.9 Å². The second-order valence-corrected chi connectivity index (χ2v) is 4.98. The van der Waals surface area contributed by atoms with Gasteiger partial charge in [0.15, 0.2) is 0 Å². The van der Waals surface area contributed by atoms with E-state index in [1.54, 1.807) is 0 Å². The summed E-state index contributed by atoms with van der Waals surface area (Å²) in [7, 11) is 2.20. The normalized spacial score (nSPS) is 21.2. The third-order valence-electron chi connectivity index (χ3n) is 3.27. The summed E-state index contributed by atoms with van der Waals surface area (Å²) < 4.78 is 2.02. The molecule has 2 heterocycles. The molecule has 0 aromatic carbocycles. The number of hydrogen-bond acceptors (Lipinski definition) is 3. The maximum Gasteiger partial charge on any atom is 0.0534 e. The summed E-state index contributed by atoms with van der Waals surface area (Å²) in [4.78, 5) is 2.42. The van der Waals surface area contributed by atoms with Crippen molar-refractivity contribution in [2.24, 2.45) is 0 Å². The van der Waals surface area contributed by atoms with Gasteiger partial charge in [0, 0.05) is 36.9 Å². The number of aromatic nitrogens is 2. The fourth-order valence-electron chi connectivity index (χ4n) is 2.17. The highest BCUT2D eigenvalue weighted by Crippen LogP contribution is 2.12. The molecule has 0 saturated carbocycles. The summed E-state index contributed by atoms with van der Waals surface area (Å²) >= 11 is 0. The first-order valence-corrected chi connectivity index (χ1v) is 6.11. The van der Waals surface area contributed by atoms with E-state index in [0.717, 1.165) is 19.6 Å². The molecule has 1 aliphatic heterocycles. The average molecular weight is 222 g/mol. The molecule has 1 aromatic heterocycles. The van der Waals surface area contributed by atoms with Crippen LogP contribution in [0.15, 0.2) is 12.4 Å². The second kappa shape index (κ2) is 4.97. The topological polar surface area (TPSA) is 33.1 Å². The third kappa shape index (κ3) is 2.62. The lowest BCUT2D eigenvalue weighted by Crippen LogP contribution is -2.32. The van der Waals surface area contributed by atoms with Crippen molar-refractivity contribution in [3.8, 4) is 0 Å². The molecule has 90 valence electrons. The number of likely N-dealkylation sites (N-methyl/N-ethyl adjacent to an activating group) is 1. The largest absolute Gasteiger partial charge is 0.315 e. The Kier molecular flexibility index (Phi) is 3.61. The molecule has 1 N–H and O–H groups in total. The van der Waals surface area contributed by atoms with Crippen molar-refractivity contribution in [2.45, 2.75) is 38.9 Å². The average Bonchev–Trinajstić information content (AvgIpc) is 2.87. The highest BCUT2D eigenvalue weighted by atomic mass is 15.3. The highest BCUT2D eigenvalue weighted by Gasteiger charge is 2.19. The molecule has 0 bridgehead atoms. The maximum absolute atomic E-state index is 4.37. The highest BCUT2D eigenvalue weighted by molar-refractivity contribution is 5.04. The minimum atomic E-state index is 0.451. The molecule has 1 aliphatic rings. The summed E-state index contributed by atoms with van der Waals surface area (Å²) in [5.74, 6) is 0. The molecule has 1 fully saturated rings.